The second-order valence-electron chi connectivity index (χ2n) is 9.50. The molecule has 1 unspecified atom stereocenters. The number of hydrogen-bond acceptors (Lipinski definition) is 6. The number of hydrogen-bond donors (Lipinski definition) is 0. The van der Waals surface area contributed by atoms with Gasteiger partial charge in [0.15, 0.2) is 5.82 Å². The van der Waals surface area contributed by atoms with Crippen LogP contribution in [0, 0.1) is 5.92 Å². The van der Waals surface area contributed by atoms with Crippen molar-refractivity contribution in [2.45, 2.75) is 96.5 Å². The lowest BCUT2D eigenvalue weighted by Gasteiger charge is -2.23. The van der Waals surface area contributed by atoms with Crippen LogP contribution in [0.3, 0.4) is 0 Å². The average molecular weight is 414 g/mol. The highest BCUT2D eigenvalue weighted by molar-refractivity contribution is 5.70. The first-order valence-electron chi connectivity index (χ1n) is 11.3. The molecular weight excluding hydrogens is 378 g/mol. The molecule has 1 aliphatic carbocycles. The summed E-state index contributed by atoms with van der Waals surface area (Å²) in [5, 5.41) is 4.15. The van der Waals surface area contributed by atoms with Crippen molar-refractivity contribution in [1.82, 2.24) is 15.1 Å². The van der Waals surface area contributed by atoms with Gasteiger partial charge in [0.2, 0.25) is 5.89 Å². The molecule has 0 radical (unpaired) electrons. The molecule has 0 N–H and O–H groups in total. The van der Waals surface area contributed by atoms with E-state index in [-0.39, 0.29) is 18.3 Å². The molecule has 1 saturated carbocycles. The summed E-state index contributed by atoms with van der Waals surface area (Å²) < 4.78 is 11.1. The van der Waals surface area contributed by atoms with Gasteiger partial charge in [-0.2, -0.15) is 4.98 Å². The van der Waals surface area contributed by atoms with Crippen molar-refractivity contribution in [1.29, 1.82) is 0 Å². The molecule has 6 heteroatoms. The fraction of sp³-hybridized carbons (Fsp3) is 0.667. The smallest absolute Gasteiger partial charge is 0.307 e. The Morgan fingerprint density at radius 3 is 2.63 bits per heavy atom. The first kappa shape index (κ1) is 22.4. The molecule has 164 valence electrons. The fourth-order valence-corrected chi connectivity index (χ4v) is 4.21. The molecule has 0 amide bonds. The third-order valence-corrected chi connectivity index (χ3v) is 5.67. The zero-order chi connectivity index (χ0) is 21.4. The predicted octanol–water partition coefficient (Wildman–Crippen LogP) is 5.62. The van der Waals surface area contributed by atoms with Crippen LogP contribution >= 0.6 is 0 Å². The molecular formula is C24H35N3O3. The molecule has 2 aromatic heterocycles. The van der Waals surface area contributed by atoms with Crippen LogP contribution in [0.1, 0.15) is 102 Å². The highest BCUT2D eigenvalue weighted by Crippen LogP contribution is 2.31. The Bertz CT molecular complexity index is 776. The van der Waals surface area contributed by atoms with Crippen molar-refractivity contribution >= 4 is 5.97 Å². The van der Waals surface area contributed by atoms with E-state index in [2.05, 4.69) is 15.1 Å². The minimum atomic E-state index is -0.495. The molecule has 6 nitrogen and oxygen atoms in total. The minimum absolute atomic E-state index is 0.0952. The van der Waals surface area contributed by atoms with E-state index < -0.39 is 5.60 Å². The summed E-state index contributed by atoms with van der Waals surface area (Å²) in [5.74, 6) is 1.71. The molecule has 0 bridgehead atoms. The SMILES string of the molecule is CC(C)(C)OC(=O)CC(CCCC1CCCCC1)c1nc(Cc2ccncc2)no1. The van der Waals surface area contributed by atoms with E-state index in [9.17, 15) is 4.79 Å². The summed E-state index contributed by atoms with van der Waals surface area (Å²) in [5.41, 5.74) is 0.587. The second-order valence-corrected chi connectivity index (χ2v) is 9.50. The second kappa shape index (κ2) is 10.7. The molecule has 30 heavy (non-hydrogen) atoms. The number of carbonyl (C=O) groups is 1. The number of pyridine rings is 1. The summed E-state index contributed by atoms with van der Waals surface area (Å²) in [6.45, 7) is 5.67. The van der Waals surface area contributed by atoms with Crippen molar-refractivity contribution < 1.29 is 14.1 Å². The Morgan fingerprint density at radius 2 is 1.93 bits per heavy atom. The normalized spacial score (nSPS) is 16.4. The maximum Gasteiger partial charge on any atom is 0.307 e. The number of esters is 1. The lowest BCUT2D eigenvalue weighted by atomic mass is 9.84. The molecule has 0 aliphatic heterocycles. The van der Waals surface area contributed by atoms with Gasteiger partial charge in [0.25, 0.3) is 0 Å². The molecule has 0 spiro atoms. The van der Waals surface area contributed by atoms with Crippen molar-refractivity contribution in [3.63, 3.8) is 0 Å². The molecule has 2 aromatic rings. The topological polar surface area (TPSA) is 78.1 Å². The molecule has 1 fully saturated rings. The van der Waals surface area contributed by atoms with Crippen LogP contribution in [0.15, 0.2) is 29.0 Å². The Hall–Kier alpha value is -2.24. The van der Waals surface area contributed by atoms with E-state index in [1.54, 1.807) is 12.4 Å². The van der Waals surface area contributed by atoms with Gasteiger partial charge in [0.05, 0.1) is 6.42 Å². The van der Waals surface area contributed by atoms with Crippen molar-refractivity contribution in [2.75, 3.05) is 0 Å². The number of ether oxygens (including phenoxy) is 1. The molecule has 3 rings (SSSR count). The third kappa shape index (κ3) is 7.54. The molecule has 2 heterocycles. The molecule has 0 saturated heterocycles. The van der Waals surface area contributed by atoms with Gasteiger partial charge in [0, 0.05) is 24.7 Å². The van der Waals surface area contributed by atoms with E-state index >= 15 is 0 Å². The van der Waals surface area contributed by atoms with Crippen LogP contribution in [-0.2, 0) is 16.0 Å². The zero-order valence-corrected chi connectivity index (χ0v) is 18.6. The van der Waals surface area contributed by atoms with Crippen LogP contribution in [0.5, 0.6) is 0 Å². The fourth-order valence-electron chi connectivity index (χ4n) is 4.21. The maximum absolute atomic E-state index is 12.5. The average Bonchev–Trinajstić information content (AvgIpc) is 3.16. The van der Waals surface area contributed by atoms with E-state index in [1.807, 2.05) is 32.9 Å². The van der Waals surface area contributed by atoms with Gasteiger partial charge in [-0.25, -0.2) is 0 Å². The summed E-state index contributed by atoms with van der Waals surface area (Å²) in [4.78, 5) is 21.1. The van der Waals surface area contributed by atoms with Gasteiger partial charge in [-0.1, -0.05) is 50.1 Å². The molecule has 1 atom stereocenters. The minimum Gasteiger partial charge on any atom is -0.460 e. The van der Waals surface area contributed by atoms with Gasteiger partial charge in [-0.05, 0) is 50.8 Å². The summed E-state index contributed by atoms with van der Waals surface area (Å²) in [6, 6.07) is 3.89. The summed E-state index contributed by atoms with van der Waals surface area (Å²) in [6.07, 6.45) is 14.3. The van der Waals surface area contributed by atoms with Gasteiger partial charge in [-0.15, -0.1) is 0 Å². The molecule has 0 aromatic carbocycles. The number of aromatic nitrogens is 3. The number of nitrogens with zero attached hydrogens (tertiary/aromatic N) is 3. The van der Waals surface area contributed by atoms with Crippen molar-refractivity contribution in [2.24, 2.45) is 5.92 Å². The quantitative estimate of drug-likeness (QED) is 0.496. The highest BCUT2D eigenvalue weighted by atomic mass is 16.6. The first-order valence-corrected chi connectivity index (χ1v) is 11.3. The van der Waals surface area contributed by atoms with Crippen LogP contribution in [0.25, 0.3) is 0 Å². The lowest BCUT2D eigenvalue weighted by molar-refractivity contribution is -0.155. The van der Waals surface area contributed by atoms with Crippen LogP contribution in [-0.4, -0.2) is 26.7 Å². The first-order chi connectivity index (χ1) is 14.4. The Labute approximate surface area is 179 Å². The number of carbonyl (C=O) groups excluding carboxylic acids is 1. The Balaban J connectivity index is 1.62. The standard InChI is InChI=1S/C24H35N3O3/c1-24(2,3)29-22(28)17-20(11-7-10-18-8-5-4-6-9-18)23-26-21(27-30-23)16-19-12-14-25-15-13-19/h12-15,18,20H,4-11,16-17H2,1-3H3. The number of rotatable bonds is 9. The summed E-state index contributed by atoms with van der Waals surface area (Å²) in [7, 11) is 0. The van der Waals surface area contributed by atoms with Crippen molar-refractivity contribution in [3.8, 4) is 0 Å². The van der Waals surface area contributed by atoms with Gasteiger partial charge < -0.3 is 9.26 Å². The van der Waals surface area contributed by atoms with Crippen LogP contribution < -0.4 is 0 Å². The van der Waals surface area contributed by atoms with E-state index in [4.69, 9.17) is 9.26 Å². The Kier molecular flexibility index (Phi) is 8.00. The third-order valence-electron chi connectivity index (χ3n) is 5.67. The zero-order valence-electron chi connectivity index (χ0n) is 18.6. The van der Waals surface area contributed by atoms with Crippen LogP contribution in [0.2, 0.25) is 0 Å². The maximum atomic E-state index is 12.5. The largest absolute Gasteiger partial charge is 0.460 e. The van der Waals surface area contributed by atoms with Gasteiger partial charge in [-0.3, -0.25) is 9.78 Å². The van der Waals surface area contributed by atoms with E-state index in [0.717, 1.165) is 24.3 Å². The van der Waals surface area contributed by atoms with Crippen LogP contribution in [0.4, 0.5) is 0 Å². The highest BCUT2D eigenvalue weighted by Gasteiger charge is 2.26. The monoisotopic (exact) mass is 413 g/mol. The van der Waals surface area contributed by atoms with Crippen molar-refractivity contribution in [3.05, 3.63) is 41.8 Å². The van der Waals surface area contributed by atoms with E-state index in [1.165, 1.54) is 38.5 Å². The Morgan fingerprint density at radius 1 is 1.20 bits per heavy atom. The molecule has 1 aliphatic rings. The van der Waals surface area contributed by atoms with Gasteiger partial charge in [0.1, 0.15) is 5.60 Å². The van der Waals surface area contributed by atoms with E-state index in [0.29, 0.717) is 18.1 Å². The van der Waals surface area contributed by atoms with Gasteiger partial charge >= 0.3 is 5.97 Å². The summed E-state index contributed by atoms with van der Waals surface area (Å²) >= 11 is 0. The predicted molar refractivity (Wildman–Crippen MR) is 115 cm³/mol. The lowest BCUT2D eigenvalue weighted by Crippen LogP contribution is -2.25.